The molecule has 0 saturated heterocycles. The van der Waals surface area contributed by atoms with Gasteiger partial charge in [0.05, 0.1) is 6.61 Å². The number of hydrogen-bond donors (Lipinski definition) is 3. The van der Waals surface area contributed by atoms with Crippen molar-refractivity contribution in [2.24, 2.45) is 5.92 Å². The number of ether oxygens (including phenoxy) is 1. The summed E-state index contributed by atoms with van der Waals surface area (Å²) in [7, 11) is 0. The van der Waals surface area contributed by atoms with Gasteiger partial charge in [0.15, 0.2) is 5.78 Å². The average molecular weight is 526 g/mol. The van der Waals surface area contributed by atoms with Crippen LogP contribution in [-0.2, 0) is 4.79 Å². The second-order valence-corrected chi connectivity index (χ2v) is 10.0. The fourth-order valence-electron chi connectivity index (χ4n) is 4.87. The fraction of sp³-hybridized carbons (Fsp3) is 0.333. The fourth-order valence-corrected chi connectivity index (χ4v) is 4.87. The van der Waals surface area contributed by atoms with Gasteiger partial charge in [-0.05, 0) is 72.9 Å². The van der Waals surface area contributed by atoms with Crippen LogP contribution in [0, 0.1) is 17.8 Å². The zero-order valence-corrected chi connectivity index (χ0v) is 22.3. The minimum Gasteiger partial charge on any atom is -0.507 e. The molecule has 3 aromatic carbocycles. The smallest absolute Gasteiger partial charge is 0.339 e. The zero-order valence-electron chi connectivity index (χ0n) is 22.3. The minimum atomic E-state index is -1.21. The molecule has 1 unspecified atom stereocenters. The van der Waals surface area contributed by atoms with Gasteiger partial charge in [0.25, 0.3) is 0 Å². The maximum atomic E-state index is 13.4. The van der Waals surface area contributed by atoms with Gasteiger partial charge >= 0.3 is 5.97 Å². The summed E-state index contributed by atoms with van der Waals surface area (Å²) >= 11 is 0. The molecular weight excluding hydrogens is 490 g/mol. The van der Waals surface area contributed by atoms with E-state index in [1.54, 1.807) is 6.07 Å². The molecule has 1 aliphatic rings. The number of hydrogen-bond acceptors (Lipinski definition) is 5. The highest BCUT2D eigenvalue weighted by molar-refractivity contribution is 5.92. The van der Waals surface area contributed by atoms with Crippen LogP contribution >= 0.6 is 0 Å². The quantitative estimate of drug-likeness (QED) is 0.234. The van der Waals surface area contributed by atoms with E-state index in [0.717, 1.165) is 35.3 Å². The van der Waals surface area contributed by atoms with Crippen LogP contribution in [0.5, 0.6) is 11.5 Å². The maximum absolute atomic E-state index is 13.4. The molecule has 0 aromatic heterocycles. The molecule has 1 saturated carbocycles. The highest BCUT2D eigenvalue weighted by Crippen LogP contribution is 2.31. The summed E-state index contributed by atoms with van der Waals surface area (Å²) in [6, 6.07) is 18.9. The van der Waals surface area contributed by atoms with Crippen LogP contribution in [0.1, 0.15) is 85.0 Å². The maximum Gasteiger partial charge on any atom is 0.339 e. The van der Waals surface area contributed by atoms with Gasteiger partial charge in [0.2, 0.25) is 0 Å². The molecule has 1 atom stereocenters. The lowest BCUT2D eigenvalue weighted by Gasteiger charge is -2.21. The third-order valence-electron chi connectivity index (χ3n) is 7.06. The number of carbonyl (C=O) groups excluding carboxylic acids is 1. The van der Waals surface area contributed by atoms with E-state index < -0.39 is 12.0 Å². The molecule has 6 heteroatoms. The Kier molecular flexibility index (Phi) is 9.64. The van der Waals surface area contributed by atoms with Gasteiger partial charge in [0.1, 0.15) is 23.1 Å². The normalized spacial score (nSPS) is 13.8. The number of phenols is 1. The standard InChI is InChI=1S/C33H35NO5/c1-2-21-39-28-17-11-25(12-18-28)8-7-24-9-14-26(15-10-24)32(30(35)20-13-23-5-3-4-6-23)34-27-16-19-29(33(37)38)31(36)22-27/h9-12,14-19,22-23,32,34,36H,2-6,13,20-21H2,1H3,(H,37,38). The summed E-state index contributed by atoms with van der Waals surface area (Å²) in [5.41, 5.74) is 2.79. The molecule has 0 amide bonds. The third kappa shape index (κ3) is 7.87. The number of aromatic hydroxyl groups is 1. The number of anilines is 1. The van der Waals surface area contributed by atoms with Crippen LogP contribution in [-0.4, -0.2) is 28.6 Å². The summed E-state index contributed by atoms with van der Waals surface area (Å²) in [6.07, 6.45) is 7.10. The number of ketones is 1. The van der Waals surface area contributed by atoms with Crippen molar-refractivity contribution >= 4 is 17.4 Å². The minimum absolute atomic E-state index is 0.0629. The second-order valence-electron chi connectivity index (χ2n) is 10.0. The van der Waals surface area contributed by atoms with E-state index in [-0.39, 0.29) is 17.1 Å². The molecule has 6 nitrogen and oxygen atoms in total. The molecule has 3 aromatic rings. The van der Waals surface area contributed by atoms with Gasteiger partial charge in [-0.15, -0.1) is 0 Å². The predicted molar refractivity (Wildman–Crippen MR) is 152 cm³/mol. The lowest BCUT2D eigenvalue weighted by Crippen LogP contribution is -2.21. The monoisotopic (exact) mass is 525 g/mol. The summed E-state index contributed by atoms with van der Waals surface area (Å²) in [5, 5.41) is 22.6. The largest absolute Gasteiger partial charge is 0.507 e. The molecule has 1 aliphatic carbocycles. The Morgan fingerprint density at radius 1 is 0.974 bits per heavy atom. The lowest BCUT2D eigenvalue weighted by atomic mass is 9.94. The average Bonchev–Trinajstić information content (AvgIpc) is 3.47. The highest BCUT2D eigenvalue weighted by Gasteiger charge is 2.23. The summed E-state index contributed by atoms with van der Waals surface area (Å²) in [6.45, 7) is 2.75. The van der Waals surface area contributed by atoms with Gasteiger partial charge < -0.3 is 20.3 Å². The molecule has 0 radical (unpaired) electrons. The first kappa shape index (κ1) is 27.8. The molecule has 0 bridgehead atoms. The van der Waals surface area contributed by atoms with E-state index >= 15 is 0 Å². The summed E-state index contributed by atoms with van der Waals surface area (Å²) in [4.78, 5) is 24.7. The van der Waals surface area contributed by atoms with Crippen LogP contribution in [0.4, 0.5) is 5.69 Å². The van der Waals surface area contributed by atoms with Crippen molar-refractivity contribution < 1.29 is 24.5 Å². The Hall–Kier alpha value is -4.24. The molecule has 0 aliphatic heterocycles. The van der Waals surface area contributed by atoms with Crippen LogP contribution in [0.15, 0.2) is 66.7 Å². The van der Waals surface area contributed by atoms with Crippen molar-refractivity contribution in [3.05, 3.63) is 89.0 Å². The van der Waals surface area contributed by atoms with Gasteiger partial charge in [0, 0.05) is 29.3 Å². The number of aromatic carboxylic acids is 1. The summed E-state index contributed by atoms with van der Waals surface area (Å²) < 4.78 is 5.62. The van der Waals surface area contributed by atoms with E-state index in [0.29, 0.717) is 24.6 Å². The van der Waals surface area contributed by atoms with E-state index in [1.807, 2.05) is 48.5 Å². The second kappa shape index (κ2) is 13.5. The van der Waals surface area contributed by atoms with Crippen molar-refractivity contribution in [3.8, 4) is 23.3 Å². The topological polar surface area (TPSA) is 95.9 Å². The van der Waals surface area contributed by atoms with Crippen molar-refractivity contribution in [3.63, 3.8) is 0 Å². The van der Waals surface area contributed by atoms with Crippen LogP contribution in [0.2, 0.25) is 0 Å². The van der Waals surface area contributed by atoms with E-state index in [4.69, 9.17) is 4.74 Å². The van der Waals surface area contributed by atoms with Crippen molar-refractivity contribution in [1.29, 1.82) is 0 Å². The predicted octanol–water partition coefficient (Wildman–Crippen LogP) is 6.97. The SMILES string of the molecule is CCCOc1ccc(C#Cc2ccc(C(Nc3ccc(C(=O)O)c(O)c3)C(=O)CCC3CCCC3)cc2)cc1. The molecule has 39 heavy (non-hydrogen) atoms. The molecule has 0 heterocycles. The molecule has 3 N–H and O–H groups in total. The Morgan fingerprint density at radius 3 is 2.21 bits per heavy atom. The van der Waals surface area contributed by atoms with Crippen LogP contribution < -0.4 is 10.1 Å². The number of nitrogens with one attached hydrogen (secondary N) is 1. The van der Waals surface area contributed by atoms with Gasteiger partial charge in [-0.2, -0.15) is 0 Å². The number of carbonyl (C=O) groups is 2. The lowest BCUT2D eigenvalue weighted by molar-refractivity contribution is -0.120. The summed E-state index contributed by atoms with van der Waals surface area (Å²) in [5.74, 6) is 6.27. The van der Waals surface area contributed by atoms with Crippen LogP contribution in [0.3, 0.4) is 0 Å². The van der Waals surface area contributed by atoms with Crippen molar-refractivity contribution in [2.45, 2.75) is 57.9 Å². The van der Waals surface area contributed by atoms with Crippen molar-refractivity contribution in [1.82, 2.24) is 0 Å². The highest BCUT2D eigenvalue weighted by atomic mass is 16.5. The molecule has 0 spiro atoms. The van der Waals surface area contributed by atoms with Crippen LogP contribution in [0.25, 0.3) is 0 Å². The Morgan fingerprint density at radius 2 is 1.62 bits per heavy atom. The van der Waals surface area contributed by atoms with Gasteiger partial charge in [-0.3, -0.25) is 4.79 Å². The Labute approximate surface area is 230 Å². The number of benzene rings is 3. The van der Waals surface area contributed by atoms with E-state index in [2.05, 4.69) is 24.1 Å². The number of carboxylic acids is 1. The number of rotatable bonds is 11. The number of Topliss-reactive ketones (excluding diaryl/α,β-unsaturated/α-hetero) is 1. The van der Waals surface area contributed by atoms with E-state index in [1.165, 1.54) is 37.8 Å². The van der Waals surface area contributed by atoms with Crippen molar-refractivity contribution in [2.75, 3.05) is 11.9 Å². The molecule has 4 rings (SSSR count). The molecule has 1 fully saturated rings. The molecular formula is C33H35NO5. The van der Waals surface area contributed by atoms with Gasteiger partial charge in [-0.1, -0.05) is 56.6 Å². The molecule has 202 valence electrons. The Bertz CT molecular complexity index is 1330. The van der Waals surface area contributed by atoms with E-state index in [9.17, 15) is 19.8 Å². The van der Waals surface area contributed by atoms with Gasteiger partial charge in [-0.25, -0.2) is 4.79 Å². The Balaban J connectivity index is 1.50. The first-order valence-corrected chi connectivity index (χ1v) is 13.6. The third-order valence-corrected chi connectivity index (χ3v) is 7.06. The zero-order chi connectivity index (χ0) is 27.6. The number of carboxylic acid groups (broad SMARTS) is 1. The first-order chi connectivity index (χ1) is 18.9. The first-order valence-electron chi connectivity index (χ1n) is 13.6.